The van der Waals surface area contributed by atoms with E-state index >= 15 is 0 Å². The number of nitrogens with zero attached hydrogens (tertiary/aromatic N) is 2. The van der Waals surface area contributed by atoms with E-state index in [1.165, 1.54) is 0 Å². The van der Waals surface area contributed by atoms with E-state index in [4.69, 9.17) is 21.4 Å². The summed E-state index contributed by atoms with van der Waals surface area (Å²) in [7, 11) is 1.61. The van der Waals surface area contributed by atoms with Crippen LogP contribution < -0.4 is 5.56 Å². The smallest absolute Gasteiger partial charge is 0.284 e. The molecular weight excluding hydrogens is 278 g/mol. The zero-order chi connectivity index (χ0) is 14.7. The number of ether oxygens (including phenoxy) is 1. The standard InChI is InChI=1S/C13H17N3O3S/c1-8(2)10-5-4-9(11-14-15-13(20)19-11)12(17)16(10)6-7-18-3/h4-5,8H,6-7H2,1-3H3,(H,15,20). The van der Waals surface area contributed by atoms with Gasteiger partial charge in [-0.05, 0) is 30.3 Å². The fraction of sp³-hybridized carbons (Fsp3) is 0.462. The maximum atomic E-state index is 12.6. The number of hydrogen-bond donors (Lipinski definition) is 1. The van der Waals surface area contributed by atoms with E-state index < -0.39 is 0 Å². The van der Waals surface area contributed by atoms with E-state index in [-0.39, 0.29) is 22.2 Å². The lowest BCUT2D eigenvalue weighted by Crippen LogP contribution is -2.27. The number of hydrogen-bond acceptors (Lipinski definition) is 5. The van der Waals surface area contributed by atoms with Crippen molar-refractivity contribution in [2.24, 2.45) is 0 Å². The van der Waals surface area contributed by atoms with Crippen LogP contribution in [0, 0.1) is 4.84 Å². The molecule has 6 nitrogen and oxygen atoms in total. The van der Waals surface area contributed by atoms with Crippen LogP contribution in [0.3, 0.4) is 0 Å². The molecule has 7 heteroatoms. The molecule has 0 aliphatic heterocycles. The van der Waals surface area contributed by atoms with Crippen molar-refractivity contribution in [3.05, 3.63) is 33.0 Å². The van der Waals surface area contributed by atoms with Crippen LogP contribution in [-0.4, -0.2) is 28.5 Å². The van der Waals surface area contributed by atoms with Crippen LogP contribution >= 0.6 is 12.2 Å². The number of H-pyrrole nitrogens is 1. The Hall–Kier alpha value is -1.73. The minimum absolute atomic E-state index is 0.149. The molecule has 0 saturated carbocycles. The fourth-order valence-corrected chi connectivity index (χ4v) is 2.14. The van der Waals surface area contributed by atoms with Gasteiger partial charge in [-0.15, -0.1) is 5.10 Å². The third-order valence-electron chi connectivity index (χ3n) is 2.99. The van der Waals surface area contributed by atoms with Crippen LogP contribution in [0.1, 0.15) is 25.5 Å². The number of aromatic amines is 1. The minimum Gasteiger partial charge on any atom is -0.409 e. The number of methoxy groups -OCH3 is 1. The Morgan fingerprint density at radius 1 is 1.50 bits per heavy atom. The summed E-state index contributed by atoms with van der Waals surface area (Å²) >= 11 is 4.83. The molecular formula is C13H17N3O3S. The molecule has 1 N–H and O–H groups in total. The first kappa shape index (κ1) is 14.7. The molecule has 2 aromatic rings. The molecule has 20 heavy (non-hydrogen) atoms. The predicted octanol–water partition coefficient (Wildman–Crippen LogP) is 2.33. The number of rotatable bonds is 5. The minimum atomic E-state index is -0.154. The van der Waals surface area contributed by atoms with Gasteiger partial charge in [0.15, 0.2) is 0 Å². The van der Waals surface area contributed by atoms with E-state index in [2.05, 4.69) is 10.2 Å². The summed E-state index contributed by atoms with van der Waals surface area (Å²) in [5.41, 5.74) is 1.18. The molecule has 0 unspecified atom stereocenters. The third-order valence-corrected chi connectivity index (χ3v) is 3.16. The van der Waals surface area contributed by atoms with Crippen LogP contribution in [0.4, 0.5) is 0 Å². The highest BCUT2D eigenvalue weighted by atomic mass is 32.1. The van der Waals surface area contributed by atoms with Gasteiger partial charge in [-0.25, -0.2) is 5.10 Å². The Morgan fingerprint density at radius 3 is 2.80 bits per heavy atom. The Kier molecular flexibility index (Phi) is 4.51. The van der Waals surface area contributed by atoms with E-state index in [9.17, 15) is 4.79 Å². The lowest BCUT2D eigenvalue weighted by atomic mass is 10.1. The summed E-state index contributed by atoms with van der Waals surface area (Å²) < 4.78 is 12.0. The SMILES string of the molecule is COCCn1c(C(C)C)ccc(-c2n[nH]c(=S)o2)c1=O. The number of pyridine rings is 1. The molecule has 0 bridgehead atoms. The first-order valence-corrected chi connectivity index (χ1v) is 6.74. The zero-order valence-corrected chi connectivity index (χ0v) is 12.5. The Bertz CT molecular complexity index is 699. The van der Waals surface area contributed by atoms with Crippen molar-refractivity contribution in [2.75, 3.05) is 13.7 Å². The monoisotopic (exact) mass is 295 g/mol. The van der Waals surface area contributed by atoms with Crippen molar-refractivity contribution in [1.82, 2.24) is 14.8 Å². The van der Waals surface area contributed by atoms with Gasteiger partial charge in [0.1, 0.15) is 5.56 Å². The van der Waals surface area contributed by atoms with Gasteiger partial charge in [0.2, 0.25) is 0 Å². The van der Waals surface area contributed by atoms with Gasteiger partial charge in [-0.1, -0.05) is 13.8 Å². The van der Waals surface area contributed by atoms with Crippen LogP contribution in [0.25, 0.3) is 11.5 Å². The normalized spacial score (nSPS) is 11.2. The molecule has 0 spiro atoms. The predicted molar refractivity (Wildman–Crippen MR) is 77.3 cm³/mol. The molecule has 0 radical (unpaired) electrons. The molecule has 0 aliphatic carbocycles. The average Bonchev–Trinajstić information content (AvgIpc) is 2.83. The van der Waals surface area contributed by atoms with Crippen molar-refractivity contribution >= 4 is 12.2 Å². The summed E-state index contributed by atoms with van der Waals surface area (Å²) in [4.78, 5) is 12.7. The third kappa shape index (κ3) is 2.88. The largest absolute Gasteiger partial charge is 0.409 e. The van der Waals surface area contributed by atoms with Gasteiger partial charge >= 0.3 is 0 Å². The van der Waals surface area contributed by atoms with Crippen LogP contribution in [0.5, 0.6) is 0 Å². The van der Waals surface area contributed by atoms with Gasteiger partial charge in [-0.3, -0.25) is 4.79 Å². The Balaban J connectivity index is 2.56. The van der Waals surface area contributed by atoms with Crippen LogP contribution in [0.15, 0.2) is 21.3 Å². The van der Waals surface area contributed by atoms with Crippen molar-refractivity contribution < 1.29 is 9.15 Å². The second-order valence-corrected chi connectivity index (χ2v) is 5.07. The fourth-order valence-electron chi connectivity index (χ4n) is 2.02. The van der Waals surface area contributed by atoms with Crippen LogP contribution in [0.2, 0.25) is 0 Å². The summed E-state index contributed by atoms with van der Waals surface area (Å²) in [6, 6.07) is 3.62. The topological polar surface area (TPSA) is 73.1 Å². The summed E-state index contributed by atoms with van der Waals surface area (Å²) in [5, 5.41) is 6.42. The van der Waals surface area contributed by atoms with Crippen molar-refractivity contribution in [1.29, 1.82) is 0 Å². The van der Waals surface area contributed by atoms with E-state index in [0.717, 1.165) is 5.69 Å². The molecule has 0 fully saturated rings. The van der Waals surface area contributed by atoms with Gasteiger partial charge in [-0.2, -0.15) is 0 Å². The lowest BCUT2D eigenvalue weighted by Gasteiger charge is -2.16. The molecule has 108 valence electrons. The second-order valence-electron chi connectivity index (χ2n) is 4.69. The molecule has 2 rings (SSSR count). The molecule has 0 saturated heterocycles. The molecule has 2 aromatic heterocycles. The Labute approximate surface area is 121 Å². The van der Waals surface area contributed by atoms with Gasteiger partial charge < -0.3 is 13.7 Å². The highest BCUT2D eigenvalue weighted by Gasteiger charge is 2.15. The quantitative estimate of drug-likeness (QED) is 0.857. The maximum Gasteiger partial charge on any atom is 0.284 e. The van der Waals surface area contributed by atoms with Gasteiger partial charge in [0.25, 0.3) is 16.3 Å². The summed E-state index contributed by atoms with van der Waals surface area (Å²) in [5.74, 6) is 0.445. The number of nitrogens with one attached hydrogen (secondary N) is 1. The van der Waals surface area contributed by atoms with Crippen molar-refractivity contribution in [3.63, 3.8) is 0 Å². The first-order chi connectivity index (χ1) is 9.54. The van der Waals surface area contributed by atoms with Gasteiger partial charge in [0, 0.05) is 19.3 Å². The van der Waals surface area contributed by atoms with Crippen molar-refractivity contribution in [3.8, 4) is 11.5 Å². The van der Waals surface area contributed by atoms with E-state index in [1.807, 2.05) is 19.9 Å². The number of aromatic nitrogens is 3. The average molecular weight is 295 g/mol. The summed E-state index contributed by atoms with van der Waals surface area (Å²) in [6.07, 6.45) is 0. The van der Waals surface area contributed by atoms with Gasteiger partial charge in [0.05, 0.1) is 6.61 Å². The zero-order valence-electron chi connectivity index (χ0n) is 11.7. The summed E-state index contributed by atoms with van der Waals surface area (Å²) in [6.45, 7) is 5.03. The van der Waals surface area contributed by atoms with Crippen LogP contribution in [-0.2, 0) is 11.3 Å². The lowest BCUT2D eigenvalue weighted by molar-refractivity contribution is 0.185. The highest BCUT2D eigenvalue weighted by molar-refractivity contribution is 7.71. The van der Waals surface area contributed by atoms with E-state index in [1.54, 1.807) is 17.7 Å². The maximum absolute atomic E-state index is 12.6. The second kappa shape index (κ2) is 6.15. The molecule has 2 heterocycles. The molecule has 0 amide bonds. The molecule has 0 aliphatic rings. The Morgan fingerprint density at radius 2 is 2.25 bits per heavy atom. The first-order valence-electron chi connectivity index (χ1n) is 6.33. The molecule has 0 atom stereocenters. The van der Waals surface area contributed by atoms with Crippen molar-refractivity contribution in [2.45, 2.75) is 26.3 Å². The highest BCUT2D eigenvalue weighted by Crippen LogP contribution is 2.17. The van der Waals surface area contributed by atoms with E-state index in [0.29, 0.717) is 18.7 Å². The molecule has 0 aromatic carbocycles.